The van der Waals surface area contributed by atoms with Crippen LogP contribution in [-0.2, 0) is 10.0 Å². The Bertz CT molecular complexity index is 1230. The van der Waals surface area contributed by atoms with E-state index >= 15 is 0 Å². The van der Waals surface area contributed by atoms with E-state index in [1.54, 1.807) is 6.07 Å². The van der Waals surface area contributed by atoms with Gasteiger partial charge in [-0.05, 0) is 93.8 Å². The number of hydrogen-bond donors (Lipinski definition) is 1. The lowest BCUT2D eigenvalue weighted by Gasteiger charge is -2.36. The molecule has 1 saturated carbocycles. The molecule has 1 aliphatic heterocycles. The van der Waals surface area contributed by atoms with Crippen LogP contribution in [0.4, 0.5) is 4.39 Å². The average molecular weight is 558 g/mol. The third kappa shape index (κ3) is 6.52. The van der Waals surface area contributed by atoms with Gasteiger partial charge in [0.1, 0.15) is 11.6 Å². The number of piperidine rings is 1. The molecule has 1 heterocycles. The summed E-state index contributed by atoms with van der Waals surface area (Å²) in [4.78, 5) is 14.8. The largest absolute Gasteiger partial charge is 0.493 e. The van der Waals surface area contributed by atoms with Gasteiger partial charge in [0.2, 0.25) is 10.0 Å². The lowest BCUT2D eigenvalue weighted by atomic mass is 9.95. The molecule has 2 aromatic rings. The monoisotopic (exact) mass is 556 g/mol. The Kier molecular flexibility index (Phi) is 8.49. The Labute approximate surface area is 222 Å². The molecule has 6 nitrogen and oxygen atoms in total. The first-order valence-electron chi connectivity index (χ1n) is 12.3. The number of hydrogen-bond acceptors (Lipinski definition) is 5. The zero-order chi connectivity index (χ0) is 26.0. The number of benzene rings is 2. The van der Waals surface area contributed by atoms with Crippen LogP contribution < -0.4 is 9.46 Å². The van der Waals surface area contributed by atoms with Crippen LogP contribution in [0.1, 0.15) is 73.0 Å². The van der Waals surface area contributed by atoms with Crippen molar-refractivity contribution >= 4 is 39.1 Å². The maximum absolute atomic E-state index is 14.8. The first-order valence-corrected chi connectivity index (χ1v) is 14.7. The number of carbonyl (C=O) groups is 1. The van der Waals surface area contributed by atoms with Crippen LogP contribution in [0.15, 0.2) is 30.3 Å². The molecule has 1 unspecified atom stereocenters. The maximum atomic E-state index is 14.8. The fourth-order valence-corrected chi connectivity index (χ4v) is 5.71. The molecule has 0 radical (unpaired) electrons. The maximum Gasteiger partial charge on any atom is 0.267 e. The molecule has 36 heavy (non-hydrogen) atoms. The van der Waals surface area contributed by atoms with Gasteiger partial charge in [-0.15, -0.1) is 0 Å². The van der Waals surface area contributed by atoms with Crippen molar-refractivity contribution in [2.45, 2.75) is 51.5 Å². The van der Waals surface area contributed by atoms with Gasteiger partial charge in [-0.3, -0.25) is 9.69 Å². The number of rotatable bonds is 9. The van der Waals surface area contributed by atoms with Gasteiger partial charge < -0.3 is 4.74 Å². The fourth-order valence-electron chi connectivity index (χ4n) is 4.60. The summed E-state index contributed by atoms with van der Waals surface area (Å²) in [6, 6.07) is 8.43. The van der Waals surface area contributed by atoms with Crippen LogP contribution in [0, 0.1) is 11.7 Å². The van der Waals surface area contributed by atoms with E-state index in [2.05, 4.69) is 11.8 Å². The second-order valence-electron chi connectivity index (χ2n) is 9.61. The Morgan fingerprint density at radius 1 is 1.17 bits per heavy atom. The smallest absolute Gasteiger partial charge is 0.267 e. The molecular formula is C26H31Cl2FN2O4S. The van der Waals surface area contributed by atoms with Crippen molar-refractivity contribution in [1.29, 1.82) is 0 Å². The summed E-state index contributed by atoms with van der Waals surface area (Å²) in [5.74, 6) is -1.05. The number of nitrogens with one attached hydrogen (secondary N) is 1. The lowest BCUT2D eigenvalue weighted by molar-refractivity contribution is 0.0977. The third-order valence-corrected chi connectivity index (χ3v) is 8.89. The standard InChI is InChI=1S/C26H31Cl2FN2O4S/c1-3-36(33,34)30-26(32)22-13-21(18-4-5-18)25(14-24(22)29)35-15-17-8-10-31(11-9-17)16(2)20-7-6-19(27)12-23(20)28/h6-7,12-14,16-18H,3-5,8-11,15H2,1-2H3,(H,30,32). The van der Waals surface area contributed by atoms with E-state index in [0.717, 1.165) is 49.9 Å². The van der Waals surface area contributed by atoms with Crippen LogP contribution in [-0.4, -0.2) is 44.7 Å². The van der Waals surface area contributed by atoms with Gasteiger partial charge in [0.05, 0.1) is 17.9 Å². The Morgan fingerprint density at radius 2 is 1.86 bits per heavy atom. The minimum atomic E-state index is -3.78. The van der Waals surface area contributed by atoms with Crippen LogP contribution >= 0.6 is 23.2 Å². The minimum Gasteiger partial charge on any atom is -0.493 e. The first-order chi connectivity index (χ1) is 17.1. The molecule has 2 aromatic carbocycles. The predicted molar refractivity (Wildman–Crippen MR) is 140 cm³/mol. The fraction of sp³-hybridized carbons (Fsp3) is 0.500. The van der Waals surface area contributed by atoms with E-state index < -0.39 is 21.7 Å². The second kappa shape index (κ2) is 11.3. The summed E-state index contributed by atoms with van der Waals surface area (Å²) in [6.07, 6.45) is 3.73. The Morgan fingerprint density at radius 3 is 2.47 bits per heavy atom. The van der Waals surface area contributed by atoms with Crippen LogP contribution in [0.2, 0.25) is 10.0 Å². The van der Waals surface area contributed by atoms with Crippen molar-refractivity contribution in [1.82, 2.24) is 9.62 Å². The quantitative estimate of drug-likeness (QED) is 0.413. The summed E-state index contributed by atoms with van der Waals surface area (Å²) < 4.78 is 46.3. The molecule has 1 amide bonds. The van der Waals surface area contributed by atoms with E-state index in [-0.39, 0.29) is 23.3 Å². The van der Waals surface area contributed by atoms with Crippen molar-refractivity contribution in [3.05, 3.63) is 62.9 Å². The zero-order valence-corrected chi connectivity index (χ0v) is 22.7. The molecule has 1 aliphatic carbocycles. The first kappa shape index (κ1) is 27.2. The predicted octanol–water partition coefficient (Wildman–Crippen LogP) is 5.94. The van der Waals surface area contributed by atoms with Crippen LogP contribution in [0.25, 0.3) is 0 Å². The molecule has 2 aliphatic rings. The molecule has 1 atom stereocenters. The molecule has 1 saturated heterocycles. The third-order valence-electron chi connectivity index (χ3n) is 7.07. The number of nitrogens with zero attached hydrogens (tertiary/aromatic N) is 1. The summed E-state index contributed by atoms with van der Waals surface area (Å²) in [5.41, 5.74) is 1.54. The normalized spacial score (nSPS) is 18.1. The zero-order valence-electron chi connectivity index (χ0n) is 20.4. The lowest BCUT2D eigenvalue weighted by Crippen LogP contribution is -2.37. The Balaban J connectivity index is 1.38. The van der Waals surface area contributed by atoms with Gasteiger partial charge in [-0.1, -0.05) is 29.3 Å². The topological polar surface area (TPSA) is 75.7 Å². The highest BCUT2D eigenvalue weighted by atomic mass is 35.5. The number of likely N-dealkylation sites (tertiary alicyclic amines) is 1. The van der Waals surface area contributed by atoms with Crippen LogP contribution in [0.3, 0.4) is 0 Å². The van der Waals surface area contributed by atoms with E-state index in [1.165, 1.54) is 19.1 Å². The molecule has 4 rings (SSSR count). The van der Waals surface area contributed by atoms with E-state index in [0.29, 0.717) is 28.3 Å². The van der Waals surface area contributed by atoms with Crippen molar-refractivity contribution in [2.24, 2.45) is 5.92 Å². The molecule has 196 valence electrons. The van der Waals surface area contributed by atoms with Crippen molar-refractivity contribution < 1.29 is 22.3 Å². The van der Waals surface area contributed by atoms with Crippen LogP contribution in [0.5, 0.6) is 5.75 Å². The summed E-state index contributed by atoms with van der Waals surface area (Å²) in [7, 11) is -3.78. The molecule has 2 fully saturated rings. The summed E-state index contributed by atoms with van der Waals surface area (Å²) in [5, 5.41) is 1.29. The molecule has 10 heteroatoms. The van der Waals surface area contributed by atoms with Gasteiger partial charge in [0.15, 0.2) is 0 Å². The van der Waals surface area contributed by atoms with Gasteiger partial charge in [-0.2, -0.15) is 0 Å². The van der Waals surface area contributed by atoms with Crippen molar-refractivity contribution in [3.8, 4) is 5.75 Å². The highest BCUT2D eigenvalue weighted by Gasteiger charge is 2.31. The number of ether oxygens (including phenoxy) is 1. The SMILES string of the molecule is CCS(=O)(=O)NC(=O)c1cc(C2CC2)c(OCC2CCN(C(C)c3ccc(Cl)cc3Cl)CC2)cc1F. The average Bonchev–Trinajstić information content (AvgIpc) is 3.68. The van der Waals surface area contributed by atoms with Crippen molar-refractivity contribution in [3.63, 3.8) is 0 Å². The van der Waals surface area contributed by atoms with E-state index in [1.807, 2.05) is 16.9 Å². The summed E-state index contributed by atoms with van der Waals surface area (Å²) >= 11 is 12.4. The molecule has 0 bridgehead atoms. The second-order valence-corrected chi connectivity index (χ2v) is 12.5. The van der Waals surface area contributed by atoms with E-state index in [9.17, 15) is 17.6 Å². The number of sulfonamides is 1. The summed E-state index contributed by atoms with van der Waals surface area (Å²) in [6.45, 7) is 5.79. The molecule has 1 N–H and O–H groups in total. The van der Waals surface area contributed by atoms with Crippen molar-refractivity contribution in [2.75, 3.05) is 25.4 Å². The van der Waals surface area contributed by atoms with E-state index in [4.69, 9.17) is 27.9 Å². The molecule has 0 spiro atoms. The van der Waals surface area contributed by atoms with Gasteiger partial charge >= 0.3 is 0 Å². The number of amides is 1. The number of halogens is 3. The highest BCUT2D eigenvalue weighted by molar-refractivity contribution is 7.90. The highest BCUT2D eigenvalue weighted by Crippen LogP contribution is 2.45. The molecular weight excluding hydrogens is 526 g/mol. The van der Waals surface area contributed by atoms with Gasteiger partial charge in [-0.25, -0.2) is 17.5 Å². The number of carbonyl (C=O) groups excluding carboxylic acids is 1. The van der Waals surface area contributed by atoms with Gasteiger partial charge in [0, 0.05) is 22.2 Å². The minimum absolute atomic E-state index is 0.169. The molecule has 0 aromatic heterocycles. The van der Waals surface area contributed by atoms with Gasteiger partial charge in [0.25, 0.3) is 5.91 Å². The Hall–Kier alpha value is -1.87.